The predicted octanol–water partition coefficient (Wildman–Crippen LogP) is 2.64. The highest BCUT2D eigenvalue weighted by atomic mass is 32.1. The molecule has 0 radical (unpaired) electrons. The minimum Gasteiger partial charge on any atom is -0.462 e. The second-order valence-corrected chi connectivity index (χ2v) is 8.03. The number of carbonyl (C=O) groups is 3. The summed E-state index contributed by atoms with van der Waals surface area (Å²) in [5.41, 5.74) is 5.66. The number of nitrogens with zero attached hydrogens (tertiary/aromatic N) is 1. The van der Waals surface area contributed by atoms with Crippen LogP contribution in [-0.4, -0.2) is 35.1 Å². The van der Waals surface area contributed by atoms with E-state index in [2.05, 4.69) is 21.2 Å². The number of hydrogen-bond donors (Lipinski definition) is 3. The summed E-state index contributed by atoms with van der Waals surface area (Å²) in [6, 6.07) is 2.35. The third-order valence-electron chi connectivity index (χ3n) is 4.23. The molecule has 0 aliphatic carbocycles. The van der Waals surface area contributed by atoms with E-state index < -0.39 is 23.5 Å². The third kappa shape index (κ3) is 4.90. The summed E-state index contributed by atoms with van der Waals surface area (Å²) in [6.45, 7) is 6.17. The number of urea groups is 1. The summed E-state index contributed by atoms with van der Waals surface area (Å²) in [7, 11) is 0. The maximum absolute atomic E-state index is 12.5. The Labute approximate surface area is 171 Å². The summed E-state index contributed by atoms with van der Waals surface area (Å²) in [5, 5.41) is 2.98. The van der Waals surface area contributed by atoms with Crippen molar-refractivity contribution in [3.05, 3.63) is 46.1 Å². The molecule has 29 heavy (non-hydrogen) atoms. The van der Waals surface area contributed by atoms with Gasteiger partial charge in [0, 0.05) is 29.3 Å². The largest absolute Gasteiger partial charge is 0.462 e. The van der Waals surface area contributed by atoms with E-state index in [-0.39, 0.29) is 6.61 Å². The van der Waals surface area contributed by atoms with Gasteiger partial charge in [-0.1, -0.05) is 0 Å². The molecule has 3 heterocycles. The van der Waals surface area contributed by atoms with Crippen molar-refractivity contribution in [1.82, 2.24) is 15.8 Å². The van der Waals surface area contributed by atoms with Crippen molar-refractivity contribution in [2.75, 3.05) is 11.9 Å². The van der Waals surface area contributed by atoms with Crippen LogP contribution in [0.2, 0.25) is 0 Å². The number of thiophene rings is 1. The lowest BCUT2D eigenvalue weighted by Gasteiger charge is -2.30. The number of esters is 1. The molecule has 0 fully saturated rings. The fourth-order valence-corrected chi connectivity index (χ4v) is 4.00. The van der Waals surface area contributed by atoms with E-state index in [0.29, 0.717) is 29.2 Å². The molecule has 154 valence electrons. The maximum atomic E-state index is 12.5. The van der Waals surface area contributed by atoms with Crippen LogP contribution < -0.4 is 16.2 Å². The van der Waals surface area contributed by atoms with Crippen LogP contribution in [0.15, 0.2) is 24.5 Å². The number of rotatable bonds is 4. The fraction of sp³-hybridized carbons (Fsp3) is 0.368. The standard InChI is InChI=1S/C19H22N4O5S/c1-4-27-17(25)14-12-9-19(2,3)28-10-13(12)29-16(14)21-18(26)23-22-15(24)11-5-7-20-8-6-11/h5-8H,4,9-10H2,1-3H3,(H,22,24)(H2,21,23,26). The van der Waals surface area contributed by atoms with E-state index in [0.717, 1.165) is 10.4 Å². The van der Waals surface area contributed by atoms with Gasteiger partial charge in [-0.2, -0.15) is 0 Å². The van der Waals surface area contributed by atoms with Gasteiger partial charge in [0.1, 0.15) is 5.00 Å². The maximum Gasteiger partial charge on any atom is 0.341 e. The summed E-state index contributed by atoms with van der Waals surface area (Å²) < 4.78 is 11.0. The molecule has 3 N–H and O–H groups in total. The number of amides is 3. The van der Waals surface area contributed by atoms with E-state index in [4.69, 9.17) is 9.47 Å². The number of ether oxygens (including phenoxy) is 2. The topological polar surface area (TPSA) is 119 Å². The van der Waals surface area contributed by atoms with Crippen LogP contribution in [0, 0.1) is 0 Å². The van der Waals surface area contributed by atoms with Crippen molar-refractivity contribution in [2.45, 2.75) is 39.4 Å². The number of fused-ring (bicyclic) bond motifs is 1. The summed E-state index contributed by atoms with van der Waals surface area (Å²) >= 11 is 1.26. The van der Waals surface area contributed by atoms with Crippen LogP contribution in [0.1, 0.15) is 51.9 Å². The van der Waals surface area contributed by atoms with Crippen LogP contribution in [0.5, 0.6) is 0 Å². The van der Waals surface area contributed by atoms with Gasteiger partial charge in [0.25, 0.3) is 5.91 Å². The zero-order valence-electron chi connectivity index (χ0n) is 16.3. The Morgan fingerprint density at radius 1 is 1.24 bits per heavy atom. The van der Waals surface area contributed by atoms with Gasteiger partial charge in [0.2, 0.25) is 0 Å². The Morgan fingerprint density at radius 2 is 1.97 bits per heavy atom. The number of hydrogen-bond acceptors (Lipinski definition) is 7. The van der Waals surface area contributed by atoms with Gasteiger partial charge in [-0.25, -0.2) is 15.0 Å². The first-order valence-electron chi connectivity index (χ1n) is 9.03. The molecule has 1 aliphatic heterocycles. The molecule has 2 aromatic heterocycles. The molecule has 0 atom stereocenters. The number of pyridine rings is 1. The molecular formula is C19H22N4O5S. The number of anilines is 1. The second-order valence-electron chi connectivity index (χ2n) is 6.92. The third-order valence-corrected chi connectivity index (χ3v) is 5.35. The Hall–Kier alpha value is -2.98. The van der Waals surface area contributed by atoms with Crippen molar-refractivity contribution >= 4 is 34.2 Å². The fourth-order valence-electron chi connectivity index (χ4n) is 2.88. The van der Waals surface area contributed by atoms with Crippen LogP contribution in [-0.2, 0) is 22.5 Å². The summed E-state index contributed by atoms with van der Waals surface area (Å²) in [6.07, 6.45) is 3.47. The molecule has 1 aliphatic rings. The highest BCUT2D eigenvalue weighted by Gasteiger charge is 2.34. The van der Waals surface area contributed by atoms with Crippen LogP contribution in [0.3, 0.4) is 0 Å². The van der Waals surface area contributed by atoms with Gasteiger partial charge in [-0.3, -0.25) is 20.5 Å². The lowest BCUT2D eigenvalue weighted by molar-refractivity contribution is -0.0384. The van der Waals surface area contributed by atoms with Crippen molar-refractivity contribution in [2.24, 2.45) is 0 Å². The van der Waals surface area contributed by atoms with E-state index in [1.165, 1.54) is 35.9 Å². The molecule has 0 unspecified atom stereocenters. The summed E-state index contributed by atoms with van der Waals surface area (Å²) in [4.78, 5) is 41.6. The SMILES string of the molecule is CCOC(=O)c1c(NC(=O)NNC(=O)c2ccncc2)sc2c1CC(C)(C)OC2. The van der Waals surface area contributed by atoms with Crippen molar-refractivity contribution in [3.8, 4) is 0 Å². The molecule has 0 spiro atoms. The number of nitrogens with one attached hydrogen (secondary N) is 3. The average molecular weight is 418 g/mol. The Morgan fingerprint density at radius 3 is 2.66 bits per heavy atom. The smallest absolute Gasteiger partial charge is 0.341 e. The highest BCUT2D eigenvalue weighted by molar-refractivity contribution is 7.17. The average Bonchev–Trinajstić information content (AvgIpc) is 3.02. The minimum atomic E-state index is -0.684. The Balaban J connectivity index is 1.74. The molecule has 0 bridgehead atoms. The van der Waals surface area contributed by atoms with Crippen molar-refractivity contribution in [3.63, 3.8) is 0 Å². The van der Waals surface area contributed by atoms with Crippen LogP contribution >= 0.6 is 11.3 Å². The normalized spacial score (nSPS) is 14.4. The second kappa shape index (κ2) is 8.58. The molecule has 3 rings (SSSR count). The quantitative estimate of drug-likeness (QED) is 0.519. The Kier molecular flexibility index (Phi) is 6.14. The molecule has 2 aromatic rings. The van der Waals surface area contributed by atoms with Gasteiger partial charge in [0.05, 0.1) is 24.4 Å². The zero-order valence-corrected chi connectivity index (χ0v) is 17.1. The van der Waals surface area contributed by atoms with Crippen LogP contribution in [0.4, 0.5) is 9.80 Å². The van der Waals surface area contributed by atoms with Crippen LogP contribution in [0.25, 0.3) is 0 Å². The van der Waals surface area contributed by atoms with Gasteiger partial charge >= 0.3 is 12.0 Å². The zero-order chi connectivity index (χ0) is 21.0. The number of carbonyl (C=O) groups excluding carboxylic acids is 3. The number of hydrazine groups is 1. The highest BCUT2D eigenvalue weighted by Crippen LogP contribution is 2.40. The molecule has 3 amide bonds. The molecule has 0 saturated heterocycles. The monoisotopic (exact) mass is 418 g/mol. The van der Waals surface area contributed by atoms with E-state index in [1.807, 2.05) is 13.8 Å². The summed E-state index contributed by atoms with van der Waals surface area (Å²) in [5.74, 6) is -0.993. The van der Waals surface area contributed by atoms with Crippen molar-refractivity contribution < 1.29 is 23.9 Å². The van der Waals surface area contributed by atoms with Gasteiger partial charge in [-0.15, -0.1) is 11.3 Å². The first-order chi connectivity index (χ1) is 13.8. The lowest BCUT2D eigenvalue weighted by atomic mass is 9.93. The molecule has 10 heteroatoms. The van der Waals surface area contributed by atoms with E-state index >= 15 is 0 Å². The molecular weight excluding hydrogens is 396 g/mol. The molecule has 9 nitrogen and oxygen atoms in total. The first-order valence-corrected chi connectivity index (χ1v) is 9.85. The van der Waals surface area contributed by atoms with Gasteiger partial charge in [-0.05, 0) is 38.5 Å². The van der Waals surface area contributed by atoms with Crippen molar-refractivity contribution in [1.29, 1.82) is 0 Å². The van der Waals surface area contributed by atoms with Gasteiger partial charge in [0.15, 0.2) is 0 Å². The van der Waals surface area contributed by atoms with E-state index in [9.17, 15) is 14.4 Å². The number of aromatic nitrogens is 1. The Bertz CT molecular complexity index is 926. The van der Waals surface area contributed by atoms with Gasteiger partial charge < -0.3 is 9.47 Å². The predicted molar refractivity (Wildman–Crippen MR) is 107 cm³/mol. The first kappa shape index (κ1) is 20.7. The minimum absolute atomic E-state index is 0.219. The molecule has 0 saturated carbocycles. The lowest BCUT2D eigenvalue weighted by Crippen LogP contribution is -2.44. The molecule has 0 aromatic carbocycles. The van der Waals surface area contributed by atoms with E-state index in [1.54, 1.807) is 6.92 Å².